The standard InChI is InChI=1S/C18H20N4O3/c1-19-18(23)16-11-15(22(24)25)7-8-17(16)21-10-9-14(12-21)20-13-5-3-2-4-6-13/h2-8,11,14,20H,9-10,12H2,1H3,(H,19,23). The van der Waals surface area contributed by atoms with Gasteiger partial charge in [-0.1, -0.05) is 18.2 Å². The van der Waals surface area contributed by atoms with Gasteiger partial charge in [0.25, 0.3) is 11.6 Å². The Morgan fingerprint density at radius 2 is 2.00 bits per heavy atom. The van der Waals surface area contributed by atoms with E-state index in [1.165, 1.54) is 19.2 Å². The first-order valence-corrected chi connectivity index (χ1v) is 8.15. The molecule has 3 rings (SSSR count). The number of nitro benzene ring substituents is 1. The van der Waals surface area contributed by atoms with Crippen molar-refractivity contribution in [3.63, 3.8) is 0 Å². The summed E-state index contributed by atoms with van der Waals surface area (Å²) in [6, 6.07) is 14.7. The van der Waals surface area contributed by atoms with E-state index in [1.54, 1.807) is 6.07 Å². The zero-order valence-electron chi connectivity index (χ0n) is 13.9. The van der Waals surface area contributed by atoms with Gasteiger partial charge in [0.2, 0.25) is 0 Å². The summed E-state index contributed by atoms with van der Waals surface area (Å²) in [5.41, 5.74) is 2.03. The largest absolute Gasteiger partial charge is 0.380 e. The predicted octanol–water partition coefficient (Wildman–Crippen LogP) is 2.65. The Morgan fingerprint density at radius 3 is 2.68 bits per heavy atom. The second-order valence-electron chi connectivity index (χ2n) is 5.98. The van der Waals surface area contributed by atoms with Crippen molar-refractivity contribution in [2.75, 3.05) is 30.4 Å². The van der Waals surface area contributed by atoms with Gasteiger partial charge in [-0.3, -0.25) is 14.9 Å². The fraction of sp³-hybridized carbons (Fsp3) is 0.278. The summed E-state index contributed by atoms with van der Waals surface area (Å²) in [7, 11) is 1.52. The number of benzene rings is 2. The molecular weight excluding hydrogens is 320 g/mol. The van der Waals surface area contributed by atoms with Crippen LogP contribution in [-0.2, 0) is 0 Å². The van der Waals surface area contributed by atoms with Gasteiger partial charge in [-0.2, -0.15) is 0 Å². The van der Waals surface area contributed by atoms with E-state index in [-0.39, 0.29) is 17.6 Å². The molecule has 1 atom stereocenters. The van der Waals surface area contributed by atoms with E-state index in [1.807, 2.05) is 30.3 Å². The van der Waals surface area contributed by atoms with Gasteiger partial charge in [-0.05, 0) is 24.6 Å². The molecule has 7 heteroatoms. The molecule has 0 aliphatic carbocycles. The van der Waals surface area contributed by atoms with Crippen LogP contribution < -0.4 is 15.5 Å². The monoisotopic (exact) mass is 340 g/mol. The average molecular weight is 340 g/mol. The minimum absolute atomic E-state index is 0.0829. The van der Waals surface area contributed by atoms with Crippen molar-refractivity contribution < 1.29 is 9.72 Å². The van der Waals surface area contributed by atoms with Crippen LogP contribution in [-0.4, -0.2) is 37.0 Å². The minimum atomic E-state index is -0.486. The van der Waals surface area contributed by atoms with E-state index in [0.29, 0.717) is 5.56 Å². The molecule has 0 spiro atoms. The third-order valence-electron chi connectivity index (χ3n) is 4.34. The van der Waals surface area contributed by atoms with E-state index >= 15 is 0 Å². The van der Waals surface area contributed by atoms with E-state index < -0.39 is 4.92 Å². The molecule has 1 fully saturated rings. The Kier molecular flexibility index (Phi) is 4.83. The topological polar surface area (TPSA) is 87.5 Å². The summed E-state index contributed by atoms with van der Waals surface area (Å²) in [4.78, 5) is 24.8. The highest BCUT2D eigenvalue weighted by Crippen LogP contribution is 2.29. The second-order valence-corrected chi connectivity index (χ2v) is 5.98. The molecule has 1 aliphatic heterocycles. The molecule has 2 aromatic carbocycles. The molecule has 1 unspecified atom stereocenters. The number of non-ortho nitro benzene ring substituents is 1. The quantitative estimate of drug-likeness (QED) is 0.645. The van der Waals surface area contributed by atoms with Crippen molar-refractivity contribution in [3.8, 4) is 0 Å². The number of nitro groups is 1. The molecule has 1 heterocycles. The van der Waals surface area contributed by atoms with Crippen LogP contribution in [0.3, 0.4) is 0 Å². The lowest BCUT2D eigenvalue weighted by molar-refractivity contribution is -0.384. The van der Waals surface area contributed by atoms with Crippen LogP contribution in [0.1, 0.15) is 16.8 Å². The molecule has 0 bridgehead atoms. The average Bonchev–Trinajstić information content (AvgIpc) is 3.09. The first kappa shape index (κ1) is 16.8. The Bertz CT molecular complexity index is 779. The Morgan fingerprint density at radius 1 is 1.24 bits per heavy atom. The van der Waals surface area contributed by atoms with Gasteiger partial charge in [-0.25, -0.2) is 0 Å². The summed E-state index contributed by atoms with van der Waals surface area (Å²) in [5, 5.41) is 17.0. The molecule has 1 aliphatic rings. The molecule has 25 heavy (non-hydrogen) atoms. The Balaban J connectivity index is 1.80. The van der Waals surface area contributed by atoms with Crippen LogP contribution in [0.15, 0.2) is 48.5 Å². The first-order chi connectivity index (χ1) is 12.1. The zero-order valence-corrected chi connectivity index (χ0v) is 13.9. The van der Waals surface area contributed by atoms with Crippen LogP contribution in [0, 0.1) is 10.1 Å². The van der Waals surface area contributed by atoms with Gasteiger partial charge in [0.1, 0.15) is 0 Å². The third kappa shape index (κ3) is 3.71. The van der Waals surface area contributed by atoms with Gasteiger partial charge < -0.3 is 15.5 Å². The first-order valence-electron chi connectivity index (χ1n) is 8.15. The number of amides is 1. The van der Waals surface area contributed by atoms with Crippen molar-refractivity contribution in [1.82, 2.24) is 5.32 Å². The number of hydrogen-bond donors (Lipinski definition) is 2. The number of nitrogens with one attached hydrogen (secondary N) is 2. The smallest absolute Gasteiger partial charge is 0.270 e. The zero-order chi connectivity index (χ0) is 17.8. The normalized spacial score (nSPS) is 16.5. The predicted molar refractivity (Wildman–Crippen MR) is 97.2 cm³/mol. The lowest BCUT2D eigenvalue weighted by atomic mass is 10.1. The number of anilines is 2. The molecule has 2 N–H and O–H groups in total. The number of carbonyl (C=O) groups excluding carboxylic acids is 1. The van der Waals surface area contributed by atoms with Crippen molar-refractivity contribution in [3.05, 3.63) is 64.2 Å². The maximum absolute atomic E-state index is 12.2. The molecule has 1 amide bonds. The molecule has 0 radical (unpaired) electrons. The summed E-state index contributed by atoms with van der Waals surface area (Å²) < 4.78 is 0. The summed E-state index contributed by atoms with van der Waals surface area (Å²) in [5.74, 6) is -0.321. The summed E-state index contributed by atoms with van der Waals surface area (Å²) >= 11 is 0. The highest BCUT2D eigenvalue weighted by Gasteiger charge is 2.26. The number of para-hydroxylation sites is 1. The summed E-state index contributed by atoms with van der Waals surface area (Å²) in [6.07, 6.45) is 0.930. The van der Waals surface area contributed by atoms with Gasteiger partial charge in [0, 0.05) is 44.0 Å². The van der Waals surface area contributed by atoms with Crippen molar-refractivity contribution in [1.29, 1.82) is 0 Å². The molecule has 0 aromatic heterocycles. The molecule has 7 nitrogen and oxygen atoms in total. The van der Waals surface area contributed by atoms with E-state index in [0.717, 1.165) is 30.9 Å². The van der Waals surface area contributed by atoms with Crippen LogP contribution in [0.25, 0.3) is 0 Å². The van der Waals surface area contributed by atoms with Gasteiger partial charge in [-0.15, -0.1) is 0 Å². The van der Waals surface area contributed by atoms with Crippen molar-refractivity contribution >= 4 is 23.0 Å². The van der Waals surface area contributed by atoms with Crippen LogP contribution >= 0.6 is 0 Å². The van der Waals surface area contributed by atoms with E-state index in [9.17, 15) is 14.9 Å². The molecule has 130 valence electrons. The fourth-order valence-electron chi connectivity index (χ4n) is 3.10. The van der Waals surface area contributed by atoms with E-state index in [4.69, 9.17) is 0 Å². The number of carbonyl (C=O) groups is 1. The van der Waals surface area contributed by atoms with Gasteiger partial charge in [0.05, 0.1) is 16.2 Å². The fourth-order valence-corrected chi connectivity index (χ4v) is 3.10. The Labute approximate surface area is 145 Å². The lowest BCUT2D eigenvalue weighted by Crippen LogP contribution is -2.28. The maximum atomic E-state index is 12.2. The molecule has 0 saturated carbocycles. The minimum Gasteiger partial charge on any atom is -0.380 e. The highest BCUT2D eigenvalue weighted by molar-refractivity contribution is 6.00. The van der Waals surface area contributed by atoms with Crippen LogP contribution in [0.4, 0.5) is 17.1 Å². The van der Waals surface area contributed by atoms with Gasteiger partial charge >= 0.3 is 0 Å². The number of hydrogen-bond acceptors (Lipinski definition) is 5. The SMILES string of the molecule is CNC(=O)c1cc([N+](=O)[O-])ccc1N1CCC(Nc2ccccc2)C1. The van der Waals surface area contributed by atoms with E-state index in [2.05, 4.69) is 15.5 Å². The van der Waals surface area contributed by atoms with Crippen molar-refractivity contribution in [2.24, 2.45) is 0 Å². The lowest BCUT2D eigenvalue weighted by Gasteiger charge is -2.22. The summed E-state index contributed by atoms with van der Waals surface area (Å²) in [6.45, 7) is 1.52. The third-order valence-corrected chi connectivity index (χ3v) is 4.34. The Hall–Kier alpha value is -3.09. The molecular formula is C18H20N4O3. The number of rotatable bonds is 5. The van der Waals surface area contributed by atoms with Crippen molar-refractivity contribution in [2.45, 2.75) is 12.5 Å². The number of nitrogens with zero attached hydrogens (tertiary/aromatic N) is 2. The van der Waals surface area contributed by atoms with Crippen LogP contribution in [0.2, 0.25) is 0 Å². The molecule has 2 aromatic rings. The van der Waals surface area contributed by atoms with Gasteiger partial charge in [0.15, 0.2) is 0 Å². The molecule has 1 saturated heterocycles. The maximum Gasteiger partial charge on any atom is 0.270 e. The highest BCUT2D eigenvalue weighted by atomic mass is 16.6. The van der Waals surface area contributed by atoms with Crippen LogP contribution in [0.5, 0.6) is 0 Å². The second kappa shape index (κ2) is 7.21.